The van der Waals surface area contributed by atoms with Crippen LogP contribution in [0.25, 0.3) is 0 Å². The van der Waals surface area contributed by atoms with Gasteiger partial charge in [-0.1, -0.05) is 0 Å². The van der Waals surface area contributed by atoms with Crippen LogP contribution in [0.4, 0.5) is 19.0 Å². The van der Waals surface area contributed by atoms with E-state index in [2.05, 4.69) is 10.3 Å². The number of carbonyl (C=O) groups is 1. The van der Waals surface area contributed by atoms with Gasteiger partial charge < -0.3 is 16.0 Å². The molecule has 1 aromatic rings. The van der Waals surface area contributed by atoms with Gasteiger partial charge in [0.15, 0.2) is 0 Å². The molecule has 1 unspecified atom stereocenters. The number of carbonyl (C=O) groups excluding carboxylic acids is 1. The van der Waals surface area contributed by atoms with Gasteiger partial charge in [-0.15, -0.1) is 0 Å². The highest BCUT2D eigenvalue weighted by Crippen LogP contribution is 2.31. The van der Waals surface area contributed by atoms with E-state index in [1.165, 1.54) is 4.90 Å². The molecule has 1 amide bonds. The number of halogens is 3. The molecule has 0 spiro atoms. The van der Waals surface area contributed by atoms with Crippen LogP contribution in [0.2, 0.25) is 0 Å². The number of alkyl halides is 3. The summed E-state index contributed by atoms with van der Waals surface area (Å²) in [5.74, 6) is -0.858. The topological polar surface area (TPSA) is 95.0 Å². The number of pyridine rings is 1. The van der Waals surface area contributed by atoms with Crippen molar-refractivity contribution in [3.8, 4) is 6.07 Å². The Kier molecular flexibility index (Phi) is 3.99. The number of hydrogen-bond donors (Lipinski definition) is 2. The summed E-state index contributed by atoms with van der Waals surface area (Å²) in [7, 11) is 0. The summed E-state index contributed by atoms with van der Waals surface area (Å²) in [5.41, 5.74) is 4.11. The van der Waals surface area contributed by atoms with Crippen molar-refractivity contribution in [3.05, 3.63) is 23.4 Å². The molecule has 3 N–H and O–H groups in total. The third-order valence-corrected chi connectivity index (χ3v) is 3.13. The van der Waals surface area contributed by atoms with Gasteiger partial charge in [-0.25, -0.2) is 4.98 Å². The van der Waals surface area contributed by atoms with E-state index in [-0.39, 0.29) is 24.5 Å². The summed E-state index contributed by atoms with van der Waals surface area (Å²) in [4.78, 5) is 16.3. The Bertz CT molecular complexity index is 596. The summed E-state index contributed by atoms with van der Waals surface area (Å²) in [5, 5.41) is 12.0. The fourth-order valence-electron chi connectivity index (χ4n) is 2.12. The van der Waals surface area contributed by atoms with Crippen LogP contribution in [-0.2, 0) is 11.0 Å². The minimum Gasteiger partial charge on any atom is -0.368 e. The van der Waals surface area contributed by atoms with E-state index < -0.39 is 23.8 Å². The molecule has 0 aromatic carbocycles. The minimum absolute atomic E-state index is 0.0313. The van der Waals surface area contributed by atoms with E-state index in [4.69, 9.17) is 11.0 Å². The minimum atomic E-state index is -4.63. The molecule has 0 aliphatic carbocycles. The Hall–Kier alpha value is -2.34. The van der Waals surface area contributed by atoms with Gasteiger partial charge in [0.25, 0.3) is 0 Å². The molecule has 0 bridgehead atoms. The predicted molar refractivity (Wildman–Crippen MR) is 67.2 cm³/mol. The van der Waals surface area contributed by atoms with Crippen molar-refractivity contribution >= 4 is 11.7 Å². The Morgan fingerprint density at radius 1 is 1.52 bits per heavy atom. The summed E-state index contributed by atoms with van der Waals surface area (Å²) in [6, 6.07) is 2.73. The second kappa shape index (κ2) is 5.57. The Morgan fingerprint density at radius 2 is 2.24 bits per heavy atom. The van der Waals surface area contributed by atoms with Crippen LogP contribution in [0.1, 0.15) is 11.3 Å². The van der Waals surface area contributed by atoms with Gasteiger partial charge in [0, 0.05) is 19.6 Å². The standard InChI is InChI=1S/C12H12F3N5O/c13-12(14,15)9-2-1-7(5-16)11(19-9)20-4-3-18-6-8(20)10(17)21/h1-2,8,18H,3-4,6H2,(H2,17,21). The van der Waals surface area contributed by atoms with Crippen molar-refractivity contribution < 1.29 is 18.0 Å². The average molecular weight is 299 g/mol. The van der Waals surface area contributed by atoms with Crippen LogP contribution in [0, 0.1) is 11.3 Å². The van der Waals surface area contributed by atoms with Crippen LogP contribution in [-0.4, -0.2) is 36.6 Å². The van der Waals surface area contributed by atoms with Gasteiger partial charge in [0.1, 0.15) is 23.6 Å². The molecule has 21 heavy (non-hydrogen) atoms. The van der Waals surface area contributed by atoms with Crippen LogP contribution in [0.3, 0.4) is 0 Å². The molecule has 0 saturated carbocycles. The zero-order chi connectivity index (χ0) is 15.6. The number of nitrogens with zero attached hydrogens (tertiary/aromatic N) is 3. The third kappa shape index (κ3) is 3.05. The van der Waals surface area contributed by atoms with Crippen LogP contribution in [0.5, 0.6) is 0 Å². The van der Waals surface area contributed by atoms with E-state index in [1.54, 1.807) is 6.07 Å². The number of nitrogens with two attached hydrogens (primary N) is 1. The van der Waals surface area contributed by atoms with Crippen molar-refractivity contribution in [2.45, 2.75) is 12.2 Å². The molecule has 2 heterocycles. The first-order chi connectivity index (χ1) is 9.84. The maximum atomic E-state index is 12.8. The molecule has 112 valence electrons. The fourth-order valence-corrected chi connectivity index (χ4v) is 2.12. The van der Waals surface area contributed by atoms with Crippen LogP contribution in [0.15, 0.2) is 12.1 Å². The molecular formula is C12H12F3N5O. The first-order valence-electron chi connectivity index (χ1n) is 6.09. The van der Waals surface area contributed by atoms with Crippen molar-refractivity contribution in [1.82, 2.24) is 10.3 Å². The number of hydrogen-bond acceptors (Lipinski definition) is 5. The Morgan fingerprint density at radius 3 is 2.81 bits per heavy atom. The largest absolute Gasteiger partial charge is 0.433 e. The van der Waals surface area contributed by atoms with Gasteiger partial charge in [-0.2, -0.15) is 18.4 Å². The molecule has 1 aliphatic rings. The second-order valence-electron chi connectivity index (χ2n) is 4.49. The predicted octanol–water partition coefficient (Wildman–Crippen LogP) is 0.236. The van der Waals surface area contributed by atoms with Crippen molar-refractivity contribution in [1.29, 1.82) is 5.26 Å². The van der Waals surface area contributed by atoms with Crippen LogP contribution < -0.4 is 16.0 Å². The normalized spacial score (nSPS) is 19.1. The molecule has 2 rings (SSSR count). The average Bonchev–Trinajstić information content (AvgIpc) is 2.45. The summed E-state index contributed by atoms with van der Waals surface area (Å²) in [6.07, 6.45) is -4.63. The number of anilines is 1. The highest BCUT2D eigenvalue weighted by Gasteiger charge is 2.35. The molecule has 1 atom stereocenters. The second-order valence-corrected chi connectivity index (χ2v) is 4.49. The smallest absolute Gasteiger partial charge is 0.368 e. The summed E-state index contributed by atoms with van der Waals surface area (Å²) >= 11 is 0. The van der Waals surface area contributed by atoms with E-state index in [0.717, 1.165) is 12.1 Å². The number of primary amides is 1. The Balaban J connectivity index is 2.49. The number of amides is 1. The number of nitrogens with one attached hydrogen (secondary N) is 1. The Labute approximate surface area is 118 Å². The lowest BCUT2D eigenvalue weighted by molar-refractivity contribution is -0.141. The van der Waals surface area contributed by atoms with E-state index in [0.29, 0.717) is 6.54 Å². The maximum absolute atomic E-state index is 12.8. The molecule has 1 aliphatic heterocycles. The van der Waals surface area contributed by atoms with E-state index in [1.807, 2.05) is 0 Å². The molecule has 9 heteroatoms. The number of nitriles is 1. The monoisotopic (exact) mass is 299 g/mol. The molecular weight excluding hydrogens is 287 g/mol. The maximum Gasteiger partial charge on any atom is 0.433 e. The first kappa shape index (κ1) is 15.1. The third-order valence-electron chi connectivity index (χ3n) is 3.13. The molecule has 6 nitrogen and oxygen atoms in total. The van der Waals surface area contributed by atoms with Gasteiger partial charge >= 0.3 is 6.18 Å². The molecule has 0 radical (unpaired) electrons. The lowest BCUT2D eigenvalue weighted by atomic mass is 10.1. The number of rotatable bonds is 2. The van der Waals surface area contributed by atoms with Crippen molar-refractivity contribution in [3.63, 3.8) is 0 Å². The van der Waals surface area contributed by atoms with Crippen molar-refractivity contribution in [2.24, 2.45) is 5.73 Å². The fraction of sp³-hybridized carbons (Fsp3) is 0.417. The zero-order valence-corrected chi connectivity index (χ0v) is 10.8. The molecule has 1 aromatic heterocycles. The lowest BCUT2D eigenvalue weighted by Crippen LogP contribution is -2.57. The summed E-state index contributed by atoms with van der Waals surface area (Å²) in [6.45, 7) is 0.876. The van der Waals surface area contributed by atoms with Gasteiger partial charge in [-0.05, 0) is 12.1 Å². The summed E-state index contributed by atoms with van der Waals surface area (Å²) < 4.78 is 38.3. The van der Waals surface area contributed by atoms with Gasteiger partial charge in [0.2, 0.25) is 5.91 Å². The number of aromatic nitrogens is 1. The van der Waals surface area contributed by atoms with Gasteiger partial charge in [-0.3, -0.25) is 4.79 Å². The van der Waals surface area contributed by atoms with E-state index >= 15 is 0 Å². The van der Waals surface area contributed by atoms with E-state index in [9.17, 15) is 18.0 Å². The molecule has 1 fully saturated rings. The quantitative estimate of drug-likeness (QED) is 0.815. The van der Waals surface area contributed by atoms with Gasteiger partial charge in [0.05, 0.1) is 5.56 Å². The molecule has 1 saturated heterocycles. The number of piperazine rings is 1. The lowest BCUT2D eigenvalue weighted by Gasteiger charge is -2.35. The first-order valence-corrected chi connectivity index (χ1v) is 6.09. The highest BCUT2D eigenvalue weighted by atomic mass is 19.4. The highest BCUT2D eigenvalue weighted by molar-refractivity contribution is 5.84. The SMILES string of the molecule is N#Cc1ccc(C(F)(F)F)nc1N1CCNCC1C(N)=O. The van der Waals surface area contributed by atoms with Crippen molar-refractivity contribution in [2.75, 3.05) is 24.5 Å². The van der Waals surface area contributed by atoms with Crippen LogP contribution >= 0.6 is 0 Å². The zero-order valence-electron chi connectivity index (χ0n) is 10.8.